The van der Waals surface area contributed by atoms with Gasteiger partial charge in [0, 0.05) is 26.1 Å². The largest absolute Gasteiger partial charge is 0.481 e. The minimum absolute atomic E-state index is 0.0532. The summed E-state index contributed by atoms with van der Waals surface area (Å²) in [6, 6.07) is 14.8. The van der Waals surface area contributed by atoms with Crippen LogP contribution < -0.4 is 10.2 Å². The van der Waals surface area contributed by atoms with E-state index in [1.165, 1.54) is 0 Å². The third-order valence-corrected chi connectivity index (χ3v) is 5.94. The van der Waals surface area contributed by atoms with E-state index in [1.807, 2.05) is 55.5 Å². The van der Waals surface area contributed by atoms with Crippen LogP contribution in [0, 0.1) is 6.92 Å². The molecule has 6 nitrogen and oxygen atoms in total. The number of carboxylic acids is 1. The summed E-state index contributed by atoms with van der Waals surface area (Å²) in [7, 11) is 0. The fraction of sp³-hybridized carbons (Fsp3) is 0.348. The van der Waals surface area contributed by atoms with E-state index in [0.717, 1.165) is 16.8 Å². The molecule has 1 atom stereocenters. The van der Waals surface area contributed by atoms with Gasteiger partial charge >= 0.3 is 5.97 Å². The first-order valence-corrected chi connectivity index (χ1v) is 11.1. The van der Waals surface area contributed by atoms with E-state index in [0.29, 0.717) is 42.6 Å². The molecule has 0 radical (unpaired) electrons. The van der Waals surface area contributed by atoms with E-state index >= 15 is 0 Å². The number of amides is 1. The summed E-state index contributed by atoms with van der Waals surface area (Å²) in [6.07, 6.45) is 1.28. The zero-order valence-electron chi connectivity index (χ0n) is 17.4. The van der Waals surface area contributed by atoms with Crippen molar-refractivity contribution in [2.24, 2.45) is 0 Å². The molecule has 2 aromatic carbocycles. The van der Waals surface area contributed by atoms with Crippen LogP contribution in [-0.4, -0.2) is 46.6 Å². The Morgan fingerprint density at radius 3 is 2.55 bits per heavy atom. The molecule has 1 amide bonds. The number of carbonyl (C=O) groups is 2. The number of rotatable bonds is 10. The van der Waals surface area contributed by atoms with Crippen LogP contribution in [0.4, 0.5) is 5.69 Å². The molecule has 3 rings (SSSR count). The van der Waals surface area contributed by atoms with Crippen molar-refractivity contribution in [1.82, 2.24) is 10.2 Å². The molecule has 31 heavy (non-hydrogen) atoms. The summed E-state index contributed by atoms with van der Waals surface area (Å²) in [6.45, 7) is 3.67. The van der Waals surface area contributed by atoms with E-state index < -0.39 is 12.0 Å². The second kappa shape index (κ2) is 10.6. The zero-order valence-corrected chi connectivity index (χ0v) is 19.0. The lowest BCUT2D eigenvalue weighted by Gasteiger charge is -2.28. The van der Waals surface area contributed by atoms with Gasteiger partial charge in [-0.15, -0.1) is 0 Å². The van der Waals surface area contributed by atoms with Crippen molar-refractivity contribution in [3.8, 4) is 0 Å². The van der Waals surface area contributed by atoms with E-state index in [1.54, 1.807) is 4.90 Å². The number of halogens is 1. The number of thiocarbonyl (C=S) groups is 1. The Bertz CT molecular complexity index is 934. The van der Waals surface area contributed by atoms with E-state index in [9.17, 15) is 9.59 Å². The van der Waals surface area contributed by atoms with Gasteiger partial charge < -0.3 is 15.3 Å². The number of nitrogens with zero attached hydrogens (tertiary/aromatic N) is 2. The van der Waals surface area contributed by atoms with Crippen LogP contribution in [0.1, 0.15) is 36.4 Å². The first kappa shape index (κ1) is 23.0. The molecule has 0 spiro atoms. The van der Waals surface area contributed by atoms with Gasteiger partial charge in [0.25, 0.3) is 5.91 Å². The van der Waals surface area contributed by atoms with Crippen molar-refractivity contribution in [2.45, 2.75) is 32.2 Å². The normalized spacial score (nSPS) is 15.8. The van der Waals surface area contributed by atoms with Crippen LogP contribution in [0.15, 0.2) is 48.5 Å². The second-order valence-electron chi connectivity index (χ2n) is 7.53. The fourth-order valence-corrected chi connectivity index (χ4v) is 4.44. The monoisotopic (exact) mass is 459 g/mol. The van der Waals surface area contributed by atoms with Crippen LogP contribution in [0.5, 0.6) is 0 Å². The Hall–Kier alpha value is -2.64. The second-order valence-corrected chi connectivity index (χ2v) is 8.32. The highest BCUT2D eigenvalue weighted by molar-refractivity contribution is 7.80. The van der Waals surface area contributed by atoms with Gasteiger partial charge in [0.05, 0.1) is 10.7 Å². The molecule has 8 heteroatoms. The summed E-state index contributed by atoms with van der Waals surface area (Å²) in [5.41, 5.74) is 2.82. The number of carboxylic acid groups (broad SMARTS) is 1. The number of aliphatic carboxylic acids is 1. The highest BCUT2D eigenvalue weighted by Crippen LogP contribution is 2.30. The molecular formula is C23H26ClN3O3S. The zero-order chi connectivity index (χ0) is 22.4. The predicted molar refractivity (Wildman–Crippen MR) is 127 cm³/mol. The van der Waals surface area contributed by atoms with Gasteiger partial charge in [0.15, 0.2) is 5.11 Å². The van der Waals surface area contributed by atoms with Gasteiger partial charge in [-0.05, 0) is 49.2 Å². The van der Waals surface area contributed by atoms with Crippen molar-refractivity contribution >= 4 is 46.5 Å². The first-order valence-electron chi connectivity index (χ1n) is 10.3. The summed E-state index contributed by atoms with van der Waals surface area (Å²) in [4.78, 5) is 27.6. The van der Waals surface area contributed by atoms with Gasteiger partial charge in [0.1, 0.15) is 6.04 Å². The Labute approximate surface area is 192 Å². The van der Waals surface area contributed by atoms with E-state index in [-0.39, 0.29) is 12.3 Å². The quantitative estimate of drug-likeness (QED) is 0.519. The van der Waals surface area contributed by atoms with E-state index in [2.05, 4.69) is 10.2 Å². The SMILES string of the molecule is Cc1cccc(Cl)c1N(CCCC(=O)O)CCCN1C(=O)C(c2ccccc2)NC1=S. The minimum Gasteiger partial charge on any atom is -0.481 e. The predicted octanol–water partition coefficient (Wildman–Crippen LogP) is 4.17. The number of hydrogen-bond donors (Lipinski definition) is 2. The molecule has 1 fully saturated rings. The van der Waals surface area contributed by atoms with Crippen LogP contribution in [0.25, 0.3) is 0 Å². The van der Waals surface area contributed by atoms with Gasteiger partial charge in [-0.1, -0.05) is 54.1 Å². The number of para-hydroxylation sites is 1. The van der Waals surface area contributed by atoms with Crippen molar-refractivity contribution in [1.29, 1.82) is 0 Å². The minimum atomic E-state index is -0.818. The number of hydrogen-bond acceptors (Lipinski definition) is 4. The first-order chi connectivity index (χ1) is 14.9. The smallest absolute Gasteiger partial charge is 0.303 e. The van der Waals surface area contributed by atoms with E-state index in [4.69, 9.17) is 28.9 Å². The molecule has 1 heterocycles. The van der Waals surface area contributed by atoms with Gasteiger partial charge in [0.2, 0.25) is 0 Å². The van der Waals surface area contributed by atoms with Gasteiger partial charge in [-0.25, -0.2) is 0 Å². The average molecular weight is 460 g/mol. The average Bonchev–Trinajstić information content (AvgIpc) is 3.02. The summed E-state index contributed by atoms with van der Waals surface area (Å²) < 4.78 is 0. The molecule has 164 valence electrons. The number of aryl methyl sites for hydroxylation is 1. The molecule has 1 aliphatic heterocycles. The third kappa shape index (κ3) is 5.74. The van der Waals surface area contributed by atoms with Crippen molar-refractivity contribution in [3.63, 3.8) is 0 Å². The van der Waals surface area contributed by atoms with Crippen LogP contribution in [0.2, 0.25) is 5.02 Å². The fourth-order valence-electron chi connectivity index (χ4n) is 3.80. The lowest BCUT2D eigenvalue weighted by molar-refractivity contribution is -0.137. The summed E-state index contributed by atoms with van der Waals surface area (Å²) >= 11 is 11.9. The molecule has 2 aromatic rings. The molecule has 0 saturated carbocycles. The Morgan fingerprint density at radius 1 is 1.16 bits per heavy atom. The number of nitrogens with one attached hydrogen (secondary N) is 1. The highest BCUT2D eigenvalue weighted by Gasteiger charge is 2.35. The molecular weight excluding hydrogens is 434 g/mol. The lowest BCUT2D eigenvalue weighted by Crippen LogP contribution is -2.35. The Morgan fingerprint density at radius 2 is 1.87 bits per heavy atom. The lowest BCUT2D eigenvalue weighted by atomic mass is 10.1. The molecule has 0 aromatic heterocycles. The molecule has 2 N–H and O–H groups in total. The molecule has 0 aliphatic carbocycles. The van der Waals surface area contributed by atoms with Crippen molar-refractivity contribution in [3.05, 3.63) is 64.7 Å². The van der Waals surface area contributed by atoms with Gasteiger partial charge in [-0.2, -0.15) is 0 Å². The summed E-state index contributed by atoms with van der Waals surface area (Å²) in [5.74, 6) is -0.871. The third-order valence-electron chi connectivity index (χ3n) is 5.29. The van der Waals surface area contributed by atoms with Crippen LogP contribution in [0.3, 0.4) is 0 Å². The standard InChI is InChI=1S/C23H26ClN3O3S/c1-16-8-5-11-18(24)21(16)26(13-6-12-19(28)29)14-7-15-27-22(30)20(25-23(27)31)17-9-3-2-4-10-17/h2-5,8-11,20H,6-7,12-15H2,1H3,(H,25,31)(H,28,29). The Balaban J connectivity index is 1.65. The topological polar surface area (TPSA) is 72.9 Å². The van der Waals surface area contributed by atoms with Gasteiger partial charge in [-0.3, -0.25) is 14.5 Å². The van der Waals surface area contributed by atoms with Crippen molar-refractivity contribution < 1.29 is 14.7 Å². The van der Waals surface area contributed by atoms with Crippen LogP contribution in [-0.2, 0) is 9.59 Å². The maximum Gasteiger partial charge on any atom is 0.303 e. The number of benzene rings is 2. The Kier molecular flexibility index (Phi) is 7.87. The van der Waals surface area contributed by atoms with Crippen LogP contribution >= 0.6 is 23.8 Å². The number of anilines is 1. The van der Waals surface area contributed by atoms with Crippen molar-refractivity contribution in [2.75, 3.05) is 24.5 Å². The molecule has 1 unspecified atom stereocenters. The number of carbonyl (C=O) groups excluding carboxylic acids is 1. The molecule has 0 bridgehead atoms. The highest BCUT2D eigenvalue weighted by atomic mass is 35.5. The maximum atomic E-state index is 12.9. The maximum absolute atomic E-state index is 12.9. The molecule has 1 aliphatic rings. The molecule has 1 saturated heterocycles. The summed E-state index contributed by atoms with van der Waals surface area (Å²) in [5, 5.41) is 13.2.